The Morgan fingerprint density at radius 3 is 1.63 bits per heavy atom. The summed E-state index contributed by atoms with van der Waals surface area (Å²) in [6.45, 7) is 8.67. The molecule has 0 bridgehead atoms. The van der Waals surface area contributed by atoms with Crippen LogP contribution in [0.15, 0.2) is 34.6 Å². The Morgan fingerprint density at radius 1 is 0.767 bits per heavy atom. The number of hydrogen-bond donors (Lipinski definition) is 2. The summed E-state index contributed by atoms with van der Waals surface area (Å²) in [7, 11) is 1.64. The molecule has 0 saturated heterocycles. The van der Waals surface area contributed by atoms with Gasteiger partial charge < -0.3 is 15.2 Å². The number of rotatable bonds is 2. The topological polar surface area (TPSA) is 87.3 Å². The van der Waals surface area contributed by atoms with Crippen molar-refractivity contribution in [2.45, 2.75) is 53.4 Å². The lowest BCUT2D eigenvalue weighted by Crippen LogP contribution is -2.34. The van der Waals surface area contributed by atoms with Gasteiger partial charge in [0, 0.05) is 16.7 Å². The molecule has 158 valence electrons. The van der Waals surface area contributed by atoms with Crippen LogP contribution in [0.4, 0.5) is 0 Å². The minimum absolute atomic E-state index is 0.0505. The average Bonchev–Trinajstić information content (AvgIpc) is 2.69. The molecule has 1 aromatic heterocycles. The van der Waals surface area contributed by atoms with E-state index in [4.69, 9.17) is 9.72 Å². The first kappa shape index (κ1) is 20.4. The Balaban J connectivity index is 2.08. The van der Waals surface area contributed by atoms with Gasteiger partial charge in [-0.05, 0) is 54.2 Å². The number of ether oxygens (including phenoxy) is 1. The van der Waals surface area contributed by atoms with Crippen molar-refractivity contribution in [2.24, 2.45) is 21.1 Å². The van der Waals surface area contributed by atoms with Crippen LogP contribution in [0.3, 0.4) is 0 Å². The number of hydrogen-bond acceptors (Lipinski definition) is 6. The molecule has 0 spiro atoms. The number of pyridine rings is 1. The third-order valence-corrected chi connectivity index (χ3v) is 6.13. The molecular weight excluding hydrogens is 378 g/mol. The Morgan fingerprint density at radius 2 is 1.23 bits per heavy atom. The van der Waals surface area contributed by atoms with Crippen molar-refractivity contribution in [3.63, 3.8) is 0 Å². The van der Waals surface area contributed by atoms with Crippen LogP contribution in [0.1, 0.15) is 63.1 Å². The van der Waals surface area contributed by atoms with Gasteiger partial charge in [-0.15, -0.1) is 0 Å². The van der Waals surface area contributed by atoms with E-state index < -0.39 is 0 Å². The van der Waals surface area contributed by atoms with Crippen LogP contribution >= 0.6 is 0 Å². The van der Waals surface area contributed by atoms with Crippen LogP contribution in [0.2, 0.25) is 0 Å². The molecule has 2 N–H and O–H groups in total. The number of nitrogens with zero attached hydrogens (tertiary/aromatic N) is 3. The van der Waals surface area contributed by atoms with Gasteiger partial charge >= 0.3 is 0 Å². The van der Waals surface area contributed by atoms with E-state index in [1.165, 1.54) is 0 Å². The highest BCUT2D eigenvalue weighted by Gasteiger charge is 2.39. The van der Waals surface area contributed by atoms with E-state index in [1.54, 1.807) is 7.11 Å². The van der Waals surface area contributed by atoms with E-state index >= 15 is 0 Å². The predicted octanol–water partition coefficient (Wildman–Crippen LogP) is 5.06. The van der Waals surface area contributed by atoms with Gasteiger partial charge in [-0.3, -0.25) is 4.98 Å². The zero-order valence-corrected chi connectivity index (χ0v) is 18.3. The third-order valence-electron chi connectivity index (χ3n) is 6.13. The molecule has 0 radical (unpaired) electrons. The second kappa shape index (κ2) is 7.11. The van der Waals surface area contributed by atoms with Gasteiger partial charge in [0.1, 0.15) is 5.75 Å². The van der Waals surface area contributed by atoms with Crippen LogP contribution in [0, 0.1) is 10.8 Å². The normalized spacial score (nSPS) is 21.9. The zero-order valence-electron chi connectivity index (χ0n) is 18.3. The largest absolute Gasteiger partial charge is 0.497 e. The summed E-state index contributed by atoms with van der Waals surface area (Å²) in [4.78, 5) is 5.05. The van der Waals surface area contributed by atoms with Gasteiger partial charge in [-0.1, -0.05) is 50.1 Å². The first-order valence-corrected chi connectivity index (χ1v) is 10.3. The maximum Gasteiger partial charge on any atom is 0.118 e. The predicted molar refractivity (Wildman–Crippen MR) is 117 cm³/mol. The number of fused-ring (bicyclic) bond motifs is 2. The van der Waals surface area contributed by atoms with Crippen LogP contribution in [0.25, 0.3) is 11.1 Å². The zero-order chi connectivity index (χ0) is 21.7. The molecule has 0 atom stereocenters. The molecule has 4 rings (SSSR count). The standard InChI is InChI=1S/C24H29N3O3/c1-23(2)10-16-21(18(12-23)26-28)20(14-6-8-15(30-5)9-7-14)22-17(25-16)11-24(3,4)13-19(22)27-29/h6-9,28-29H,10-13H2,1-5H3/b26-18-,27-19-. The summed E-state index contributed by atoms with van der Waals surface area (Å²) < 4.78 is 5.33. The minimum atomic E-state index is -0.0505. The number of methoxy groups -OCH3 is 1. The van der Waals surface area contributed by atoms with Crippen LogP contribution in [0.5, 0.6) is 5.75 Å². The van der Waals surface area contributed by atoms with Crippen molar-refractivity contribution in [1.82, 2.24) is 4.98 Å². The van der Waals surface area contributed by atoms with Crippen molar-refractivity contribution in [3.8, 4) is 16.9 Å². The molecule has 0 saturated carbocycles. The van der Waals surface area contributed by atoms with E-state index in [0.717, 1.165) is 52.2 Å². The average molecular weight is 408 g/mol. The highest BCUT2D eigenvalue weighted by Crippen LogP contribution is 2.45. The maximum absolute atomic E-state index is 9.89. The fourth-order valence-corrected chi connectivity index (χ4v) is 4.90. The highest BCUT2D eigenvalue weighted by atomic mass is 16.5. The van der Waals surface area contributed by atoms with Crippen LogP contribution < -0.4 is 4.74 Å². The number of aromatic nitrogens is 1. The van der Waals surface area contributed by atoms with Crippen molar-refractivity contribution in [1.29, 1.82) is 0 Å². The van der Waals surface area contributed by atoms with E-state index in [1.807, 2.05) is 24.3 Å². The van der Waals surface area contributed by atoms with E-state index in [9.17, 15) is 10.4 Å². The molecule has 1 heterocycles. The van der Waals surface area contributed by atoms with Crippen LogP contribution in [-0.4, -0.2) is 33.9 Å². The Kier molecular flexibility index (Phi) is 4.83. The van der Waals surface area contributed by atoms with Gasteiger partial charge in [0.05, 0.1) is 29.9 Å². The van der Waals surface area contributed by atoms with Crippen molar-refractivity contribution in [2.75, 3.05) is 7.11 Å². The Hall–Kier alpha value is -2.89. The van der Waals surface area contributed by atoms with Crippen molar-refractivity contribution < 1.29 is 15.2 Å². The Bertz CT molecular complexity index is 992. The SMILES string of the molecule is COc1ccc(-c2c3c(nc4c2/C(=N\O)CC(C)(C)C4)CC(C)(C)C/C3=N/O)cc1. The minimum Gasteiger partial charge on any atom is -0.497 e. The molecule has 2 aromatic rings. The quantitative estimate of drug-likeness (QED) is 0.538. The fraction of sp³-hybridized carbons (Fsp3) is 0.458. The summed E-state index contributed by atoms with van der Waals surface area (Å²) in [6.07, 6.45) is 2.89. The summed E-state index contributed by atoms with van der Waals surface area (Å²) in [5.74, 6) is 0.768. The molecule has 30 heavy (non-hydrogen) atoms. The highest BCUT2D eigenvalue weighted by molar-refractivity contribution is 6.15. The molecule has 0 fully saturated rings. The van der Waals surface area contributed by atoms with Crippen molar-refractivity contribution in [3.05, 3.63) is 46.8 Å². The molecule has 2 aliphatic rings. The molecule has 6 heteroatoms. The second-order valence-corrected chi connectivity index (χ2v) is 9.99. The Labute approximate surface area is 177 Å². The molecule has 0 amide bonds. The summed E-state index contributed by atoms with van der Waals surface area (Å²) in [5.41, 5.74) is 6.67. The lowest BCUT2D eigenvalue weighted by molar-refractivity contribution is 0.303. The third kappa shape index (κ3) is 3.44. The molecule has 2 aliphatic carbocycles. The fourth-order valence-electron chi connectivity index (χ4n) is 4.90. The second-order valence-electron chi connectivity index (χ2n) is 9.99. The summed E-state index contributed by atoms with van der Waals surface area (Å²) >= 11 is 0. The molecular formula is C24H29N3O3. The number of oxime groups is 2. The lowest BCUT2D eigenvalue weighted by atomic mass is 9.69. The summed E-state index contributed by atoms with van der Waals surface area (Å²) in [5, 5.41) is 27.2. The van der Waals surface area contributed by atoms with E-state index in [0.29, 0.717) is 24.3 Å². The van der Waals surface area contributed by atoms with Crippen molar-refractivity contribution >= 4 is 11.4 Å². The lowest BCUT2D eigenvalue weighted by Gasteiger charge is -2.37. The van der Waals surface area contributed by atoms with Gasteiger partial charge in [-0.25, -0.2) is 0 Å². The molecule has 1 aromatic carbocycles. The summed E-state index contributed by atoms with van der Waals surface area (Å²) in [6, 6.07) is 7.83. The number of benzene rings is 1. The van der Waals surface area contributed by atoms with Gasteiger partial charge in [0.25, 0.3) is 0 Å². The van der Waals surface area contributed by atoms with E-state index in [2.05, 4.69) is 38.0 Å². The van der Waals surface area contributed by atoms with Gasteiger partial charge in [0.2, 0.25) is 0 Å². The van der Waals surface area contributed by atoms with E-state index in [-0.39, 0.29) is 10.8 Å². The maximum atomic E-state index is 9.89. The van der Waals surface area contributed by atoms with Crippen LogP contribution in [-0.2, 0) is 12.8 Å². The molecule has 0 aliphatic heterocycles. The van der Waals surface area contributed by atoms with Gasteiger partial charge in [-0.2, -0.15) is 0 Å². The first-order valence-electron chi connectivity index (χ1n) is 10.3. The smallest absolute Gasteiger partial charge is 0.118 e. The monoisotopic (exact) mass is 407 g/mol. The van der Waals surface area contributed by atoms with Gasteiger partial charge in [0.15, 0.2) is 0 Å². The first-order chi connectivity index (χ1) is 14.2. The molecule has 6 nitrogen and oxygen atoms in total. The molecule has 0 unspecified atom stereocenters.